The van der Waals surface area contributed by atoms with Gasteiger partial charge in [0.2, 0.25) is 0 Å². The summed E-state index contributed by atoms with van der Waals surface area (Å²) in [7, 11) is 0. The lowest BCUT2D eigenvalue weighted by molar-refractivity contribution is 0.621. The second-order valence-corrected chi connectivity index (χ2v) is 5.04. The van der Waals surface area contributed by atoms with Crippen LogP contribution in [0.15, 0.2) is 22.7 Å². The average Bonchev–Trinajstić information content (AvgIpc) is 3.10. The molecule has 16 heavy (non-hydrogen) atoms. The van der Waals surface area contributed by atoms with Gasteiger partial charge < -0.3 is 11.1 Å². The van der Waals surface area contributed by atoms with Crippen LogP contribution < -0.4 is 11.1 Å². The first-order valence-electron chi connectivity index (χ1n) is 5.40. The lowest BCUT2D eigenvalue weighted by Gasteiger charge is -2.13. The molecule has 3 N–H and O–H groups in total. The standard InChI is InChI=1S/C12H14BrN3/c13-11-5-10(4-3-9(11)6-14)16-7-12(15)8-1-2-8/h3-5,8,12,16H,1-2,7,15H2. The molecule has 1 fully saturated rings. The normalized spacial score (nSPS) is 16.6. The van der Waals surface area contributed by atoms with E-state index in [-0.39, 0.29) is 6.04 Å². The molecule has 0 aliphatic heterocycles. The van der Waals surface area contributed by atoms with Gasteiger partial charge in [-0.25, -0.2) is 0 Å². The minimum atomic E-state index is 0.245. The largest absolute Gasteiger partial charge is 0.383 e. The maximum atomic E-state index is 8.79. The number of halogens is 1. The monoisotopic (exact) mass is 279 g/mol. The molecule has 84 valence electrons. The number of rotatable bonds is 4. The van der Waals surface area contributed by atoms with E-state index in [1.165, 1.54) is 12.8 Å². The third-order valence-corrected chi connectivity index (χ3v) is 3.52. The van der Waals surface area contributed by atoms with E-state index in [0.717, 1.165) is 16.7 Å². The SMILES string of the molecule is N#Cc1ccc(NCC(N)C2CC2)cc1Br. The zero-order valence-electron chi connectivity index (χ0n) is 8.91. The summed E-state index contributed by atoms with van der Waals surface area (Å²) in [5.41, 5.74) is 7.65. The van der Waals surface area contributed by atoms with Crippen LogP contribution in [-0.4, -0.2) is 12.6 Å². The molecule has 1 aliphatic carbocycles. The Balaban J connectivity index is 1.94. The molecule has 1 saturated carbocycles. The van der Waals surface area contributed by atoms with E-state index in [9.17, 15) is 0 Å². The fourth-order valence-electron chi connectivity index (χ4n) is 1.64. The molecule has 2 rings (SSSR count). The number of hydrogen-bond donors (Lipinski definition) is 2. The topological polar surface area (TPSA) is 61.8 Å². The van der Waals surface area contributed by atoms with Crippen LogP contribution in [0.4, 0.5) is 5.69 Å². The molecule has 0 aromatic heterocycles. The highest BCUT2D eigenvalue weighted by Gasteiger charge is 2.27. The number of nitrogens with one attached hydrogen (secondary N) is 1. The Morgan fingerprint density at radius 2 is 2.31 bits per heavy atom. The molecule has 1 atom stereocenters. The highest BCUT2D eigenvalue weighted by atomic mass is 79.9. The first-order valence-corrected chi connectivity index (χ1v) is 6.19. The minimum absolute atomic E-state index is 0.245. The van der Waals surface area contributed by atoms with Crippen LogP contribution >= 0.6 is 15.9 Å². The van der Waals surface area contributed by atoms with Crippen LogP contribution in [0.1, 0.15) is 18.4 Å². The minimum Gasteiger partial charge on any atom is -0.383 e. The van der Waals surface area contributed by atoms with Gasteiger partial charge in [0.1, 0.15) is 6.07 Å². The van der Waals surface area contributed by atoms with Gasteiger partial charge in [-0.1, -0.05) is 0 Å². The number of benzene rings is 1. The molecule has 0 spiro atoms. The van der Waals surface area contributed by atoms with Gasteiger partial charge in [-0.05, 0) is 52.9 Å². The number of nitrogens with two attached hydrogens (primary N) is 1. The highest BCUT2D eigenvalue weighted by molar-refractivity contribution is 9.10. The van der Waals surface area contributed by atoms with Crippen molar-refractivity contribution in [2.75, 3.05) is 11.9 Å². The van der Waals surface area contributed by atoms with Gasteiger partial charge in [0.05, 0.1) is 5.56 Å². The zero-order valence-corrected chi connectivity index (χ0v) is 10.5. The molecule has 0 radical (unpaired) electrons. The van der Waals surface area contributed by atoms with E-state index in [2.05, 4.69) is 27.3 Å². The Kier molecular flexibility index (Phi) is 3.47. The summed E-state index contributed by atoms with van der Waals surface area (Å²) in [6.45, 7) is 0.795. The second kappa shape index (κ2) is 4.86. The Hall–Kier alpha value is -1.05. The predicted octanol–water partition coefficient (Wildman–Crippen LogP) is 2.47. The molecule has 1 aromatic rings. The van der Waals surface area contributed by atoms with Crippen LogP contribution in [0.25, 0.3) is 0 Å². The lowest BCUT2D eigenvalue weighted by atomic mass is 10.2. The fourth-order valence-corrected chi connectivity index (χ4v) is 2.11. The van der Waals surface area contributed by atoms with E-state index in [0.29, 0.717) is 11.5 Å². The molecule has 1 aromatic carbocycles. The van der Waals surface area contributed by atoms with Crippen LogP contribution in [0, 0.1) is 17.2 Å². The molecule has 1 unspecified atom stereocenters. The molecule has 3 nitrogen and oxygen atoms in total. The van der Waals surface area contributed by atoms with E-state index in [1.807, 2.05) is 12.1 Å². The Morgan fingerprint density at radius 3 is 2.88 bits per heavy atom. The summed E-state index contributed by atoms with van der Waals surface area (Å²) in [5, 5.41) is 12.1. The van der Waals surface area contributed by atoms with Crippen molar-refractivity contribution in [3.8, 4) is 6.07 Å². The first-order chi connectivity index (χ1) is 7.70. The maximum absolute atomic E-state index is 8.79. The highest BCUT2D eigenvalue weighted by Crippen LogP contribution is 2.31. The van der Waals surface area contributed by atoms with Gasteiger partial charge in [-0.2, -0.15) is 5.26 Å². The third kappa shape index (κ3) is 2.75. The van der Waals surface area contributed by atoms with Crippen molar-refractivity contribution >= 4 is 21.6 Å². The van der Waals surface area contributed by atoms with E-state index in [1.54, 1.807) is 6.07 Å². The quantitative estimate of drug-likeness (QED) is 0.890. The second-order valence-electron chi connectivity index (χ2n) is 4.19. The zero-order chi connectivity index (χ0) is 11.5. The van der Waals surface area contributed by atoms with Crippen molar-refractivity contribution in [1.82, 2.24) is 0 Å². The predicted molar refractivity (Wildman–Crippen MR) is 68.0 cm³/mol. The van der Waals surface area contributed by atoms with Gasteiger partial charge in [-0.3, -0.25) is 0 Å². The summed E-state index contributed by atoms with van der Waals surface area (Å²) < 4.78 is 0.819. The summed E-state index contributed by atoms with van der Waals surface area (Å²) >= 11 is 3.36. The average molecular weight is 280 g/mol. The lowest BCUT2D eigenvalue weighted by Crippen LogP contribution is -2.31. The Labute approximate surface area is 104 Å². The van der Waals surface area contributed by atoms with Gasteiger partial charge >= 0.3 is 0 Å². The van der Waals surface area contributed by atoms with Crippen molar-refractivity contribution in [2.45, 2.75) is 18.9 Å². The molecule has 4 heteroatoms. The number of nitrogens with zero attached hydrogens (tertiary/aromatic N) is 1. The van der Waals surface area contributed by atoms with Crippen LogP contribution in [0.3, 0.4) is 0 Å². The van der Waals surface area contributed by atoms with Crippen LogP contribution in [0.5, 0.6) is 0 Å². The summed E-state index contributed by atoms with van der Waals surface area (Å²) in [6.07, 6.45) is 2.53. The van der Waals surface area contributed by atoms with Gasteiger partial charge in [0.25, 0.3) is 0 Å². The Bertz CT molecular complexity index is 421. The summed E-state index contributed by atoms with van der Waals surface area (Å²) in [6, 6.07) is 7.98. The summed E-state index contributed by atoms with van der Waals surface area (Å²) in [4.78, 5) is 0. The maximum Gasteiger partial charge on any atom is 0.100 e. The molecule has 0 bridgehead atoms. The molecule has 0 amide bonds. The third-order valence-electron chi connectivity index (χ3n) is 2.86. The number of hydrogen-bond acceptors (Lipinski definition) is 3. The van der Waals surface area contributed by atoms with Crippen molar-refractivity contribution < 1.29 is 0 Å². The van der Waals surface area contributed by atoms with Crippen LogP contribution in [0.2, 0.25) is 0 Å². The summed E-state index contributed by atoms with van der Waals surface area (Å²) in [5.74, 6) is 0.703. The Morgan fingerprint density at radius 1 is 1.56 bits per heavy atom. The molecule has 0 saturated heterocycles. The van der Waals surface area contributed by atoms with E-state index < -0.39 is 0 Å². The molecular weight excluding hydrogens is 266 g/mol. The van der Waals surface area contributed by atoms with Crippen LogP contribution in [-0.2, 0) is 0 Å². The fraction of sp³-hybridized carbons (Fsp3) is 0.417. The van der Waals surface area contributed by atoms with Gasteiger partial charge in [-0.15, -0.1) is 0 Å². The number of anilines is 1. The number of nitriles is 1. The van der Waals surface area contributed by atoms with Gasteiger partial charge in [0.15, 0.2) is 0 Å². The molecular formula is C12H14BrN3. The molecule has 1 aliphatic rings. The van der Waals surface area contributed by atoms with Crippen molar-refractivity contribution in [2.24, 2.45) is 11.7 Å². The van der Waals surface area contributed by atoms with Crippen molar-refractivity contribution in [3.05, 3.63) is 28.2 Å². The first kappa shape index (κ1) is 11.4. The van der Waals surface area contributed by atoms with E-state index >= 15 is 0 Å². The molecule has 0 heterocycles. The van der Waals surface area contributed by atoms with Crippen molar-refractivity contribution in [1.29, 1.82) is 5.26 Å². The van der Waals surface area contributed by atoms with E-state index in [4.69, 9.17) is 11.0 Å². The van der Waals surface area contributed by atoms with Gasteiger partial charge in [0, 0.05) is 22.7 Å². The van der Waals surface area contributed by atoms with Crippen molar-refractivity contribution in [3.63, 3.8) is 0 Å². The smallest absolute Gasteiger partial charge is 0.100 e.